The van der Waals surface area contributed by atoms with Gasteiger partial charge in [0, 0.05) is 12.2 Å². The second-order valence-electron chi connectivity index (χ2n) is 5.95. The zero-order chi connectivity index (χ0) is 14.8. The summed E-state index contributed by atoms with van der Waals surface area (Å²) in [6.45, 7) is 4.20. The van der Waals surface area contributed by atoms with Gasteiger partial charge in [-0.25, -0.2) is 4.98 Å². The molecule has 2 nitrogen and oxygen atoms in total. The van der Waals surface area contributed by atoms with Gasteiger partial charge in [0.1, 0.15) is 0 Å². The van der Waals surface area contributed by atoms with Gasteiger partial charge in [-0.3, -0.25) is 0 Å². The van der Waals surface area contributed by atoms with Crippen LogP contribution in [-0.2, 0) is 12.8 Å². The number of aryl methyl sites for hydroxylation is 3. The van der Waals surface area contributed by atoms with Crippen molar-refractivity contribution in [1.82, 2.24) is 4.98 Å². The van der Waals surface area contributed by atoms with Gasteiger partial charge in [-0.15, -0.1) is 0 Å². The van der Waals surface area contributed by atoms with Crippen LogP contribution in [0, 0.1) is 6.92 Å². The normalized spacial score (nSPS) is 15.4. The van der Waals surface area contributed by atoms with E-state index in [1.807, 2.05) is 13.0 Å². The average molecular weight is 301 g/mol. The second-order valence-corrected chi connectivity index (χ2v) is 6.31. The van der Waals surface area contributed by atoms with Gasteiger partial charge in [-0.2, -0.15) is 0 Å². The molecule has 110 valence electrons. The molecule has 1 heterocycles. The zero-order valence-corrected chi connectivity index (χ0v) is 13.4. The average Bonchev–Trinajstić information content (AvgIpc) is 2.50. The lowest BCUT2D eigenvalue weighted by molar-refractivity contribution is 0.683. The summed E-state index contributed by atoms with van der Waals surface area (Å²) in [5.41, 5.74) is 6.36. The van der Waals surface area contributed by atoms with E-state index in [0.29, 0.717) is 5.15 Å². The van der Waals surface area contributed by atoms with Gasteiger partial charge in [0.15, 0.2) is 5.15 Å². The first-order valence-electron chi connectivity index (χ1n) is 7.64. The van der Waals surface area contributed by atoms with Crippen molar-refractivity contribution < 1.29 is 0 Å². The molecule has 1 atom stereocenters. The van der Waals surface area contributed by atoms with Gasteiger partial charge >= 0.3 is 0 Å². The van der Waals surface area contributed by atoms with Gasteiger partial charge < -0.3 is 5.32 Å². The highest BCUT2D eigenvalue weighted by Crippen LogP contribution is 2.28. The van der Waals surface area contributed by atoms with Crippen molar-refractivity contribution in [1.29, 1.82) is 0 Å². The van der Waals surface area contributed by atoms with Crippen molar-refractivity contribution in [3.05, 3.63) is 57.9 Å². The third kappa shape index (κ3) is 3.21. The molecule has 0 amide bonds. The van der Waals surface area contributed by atoms with Crippen LogP contribution in [0.15, 0.2) is 30.5 Å². The molecule has 0 spiro atoms. The molecule has 1 aromatic carbocycles. The van der Waals surface area contributed by atoms with Crippen molar-refractivity contribution in [2.24, 2.45) is 0 Å². The van der Waals surface area contributed by atoms with Crippen LogP contribution in [0.25, 0.3) is 0 Å². The van der Waals surface area contributed by atoms with Gasteiger partial charge in [0.2, 0.25) is 0 Å². The topological polar surface area (TPSA) is 24.9 Å². The third-order valence-electron chi connectivity index (χ3n) is 4.22. The molecule has 0 radical (unpaired) electrons. The van der Waals surface area contributed by atoms with E-state index in [1.165, 1.54) is 42.4 Å². The largest absolute Gasteiger partial charge is 0.376 e. The van der Waals surface area contributed by atoms with E-state index in [2.05, 4.69) is 35.4 Å². The summed E-state index contributed by atoms with van der Waals surface area (Å²) in [4.78, 5) is 4.20. The summed E-state index contributed by atoms with van der Waals surface area (Å²) in [7, 11) is 0. The molecule has 1 aliphatic rings. The molecule has 2 aromatic rings. The number of benzene rings is 1. The number of halogens is 1. The highest BCUT2D eigenvalue weighted by atomic mass is 35.5. The van der Waals surface area contributed by atoms with E-state index >= 15 is 0 Å². The molecule has 0 fully saturated rings. The SMILES string of the molecule is Cc1cnc(Cl)c(NC(C)c2ccc3c(c2)CCCC3)c1. The molecule has 21 heavy (non-hydrogen) atoms. The Hall–Kier alpha value is -1.54. The molecule has 3 rings (SSSR count). The number of hydrogen-bond acceptors (Lipinski definition) is 2. The number of anilines is 1. The fourth-order valence-corrected chi connectivity index (χ4v) is 3.15. The monoisotopic (exact) mass is 300 g/mol. The number of pyridine rings is 1. The van der Waals surface area contributed by atoms with Crippen LogP contribution in [0.1, 0.15) is 48.1 Å². The van der Waals surface area contributed by atoms with Crippen molar-refractivity contribution in [2.45, 2.75) is 45.6 Å². The molecule has 3 heteroatoms. The van der Waals surface area contributed by atoms with Crippen molar-refractivity contribution >= 4 is 17.3 Å². The van der Waals surface area contributed by atoms with Gasteiger partial charge in [0.25, 0.3) is 0 Å². The fraction of sp³-hybridized carbons (Fsp3) is 0.389. The summed E-state index contributed by atoms with van der Waals surface area (Å²) < 4.78 is 0. The Balaban J connectivity index is 1.82. The molecule has 0 bridgehead atoms. The fourth-order valence-electron chi connectivity index (χ4n) is 2.99. The van der Waals surface area contributed by atoms with E-state index in [1.54, 1.807) is 6.20 Å². The van der Waals surface area contributed by atoms with E-state index in [0.717, 1.165) is 11.3 Å². The lowest BCUT2D eigenvalue weighted by Crippen LogP contribution is -2.10. The molecule has 0 saturated heterocycles. The number of hydrogen-bond donors (Lipinski definition) is 1. The van der Waals surface area contributed by atoms with Crippen LogP contribution >= 0.6 is 11.6 Å². The maximum atomic E-state index is 6.17. The van der Waals surface area contributed by atoms with E-state index in [-0.39, 0.29) is 6.04 Å². The Kier molecular flexibility index (Phi) is 4.16. The second kappa shape index (κ2) is 6.07. The number of aromatic nitrogens is 1. The van der Waals surface area contributed by atoms with Gasteiger partial charge in [0.05, 0.1) is 5.69 Å². The Morgan fingerprint density at radius 2 is 1.90 bits per heavy atom. The lowest BCUT2D eigenvalue weighted by atomic mass is 9.89. The Morgan fingerprint density at radius 3 is 2.71 bits per heavy atom. The molecular weight excluding hydrogens is 280 g/mol. The van der Waals surface area contributed by atoms with Gasteiger partial charge in [-0.1, -0.05) is 29.8 Å². The molecule has 1 aromatic heterocycles. The van der Waals surface area contributed by atoms with Crippen LogP contribution < -0.4 is 5.32 Å². The van der Waals surface area contributed by atoms with Crippen molar-refractivity contribution in [3.63, 3.8) is 0 Å². The van der Waals surface area contributed by atoms with E-state index in [9.17, 15) is 0 Å². The molecule has 1 aliphatic carbocycles. The van der Waals surface area contributed by atoms with Crippen molar-refractivity contribution in [3.8, 4) is 0 Å². The summed E-state index contributed by atoms with van der Waals surface area (Å²) in [6.07, 6.45) is 6.86. The van der Waals surface area contributed by atoms with Crippen molar-refractivity contribution in [2.75, 3.05) is 5.32 Å². The summed E-state index contributed by atoms with van der Waals surface area (Å²) in [5.74, 6) is 0. The molecule has 0 saturated carbocycles. The van der Waals surface area contributed by atoms with Gasteiger partial charge in [-0.05, 0) is 67.9 Å². The first-order valence-corrected chi connectivity index (χ1v) is 8.01. The Morgan fingerprint density at radius 1 is 1.14 bits per heavy atom. The first kappa shape index (κ1) is 14.4. The van der Waals surface area contributed by atoms with Crippen LogP contribution in [0.5, 0.6) is 0 Å². The minimum Gasteiger partial charge on any atom is -0.376 e. The molecular formula is C18H21ClN2. The number of rotatable bonds is 3. The highest BCUT2D eigenvalue weighted by molar-refractivity contribution is 6.31. The zero-order valence-electron chi connectivity index (χ0n) is 12.6. The minimum absolute atomic E-state index is 0.221. The van der Waals surface area contributed by atoms with E-state index in [4.69, 9.17) is 11.6 Å². The molecule has 1 unspecified atom stereocenters. The van der Waals surface area contributed by atoms with Crippen LogP contribution in [0.3, 0.4) is 0 Å². The summed E-state index contributed by atoms with van der Waals surface area (Å²) in [5, 5.41) is 4.01. The molecule has 0 aliphatic heterocycles. The number of fused-ring (bicyclic) bond motifs is 1. The Bertz CT molecular complexity index is 652. The highest BCUT2D eigenvalue weighted by Gasteiger charge is 2.13. The Labute approximate surface area is 131 Å². The first-order chi connectivity index (χ1) is 10.1. The molecule has 1 N–H and O–H groups in total. The maximum Gasteiger partial charge on any atom is 0.152 e. The lowest BCUT2D eigenvalue weighted by Gasteiger charge is -2.21. The van der Waals surface area contributed by atoms with Crippen LogP contribution in [0.2, 0.25) is 5.15 Å². The standard InChI is InChI=1S/C18H21ClN2/c1-12-9-17(18(19)20-11-12)21-13(2)15-8-7-14-5-3-4-6-16(14)10-15/h7-11,13,21H,3-6H2,1-2H3. The smallest absolute Gasteiger partial charge is 0.152 e. The predicted octanol–water partition coefficient (Wildman–Crippen LogP) is 5.10. The summed E-state index contributed by atoms with van der Waals surface area (Å²) >= 11 is 6.17. The summed E-state index contributed by atoms with van der Waals surface area (Å²) in [6, 6.07) is 9.14. The van der Waals surface area contributed by atoms with Crippen LogP contribution in [-0.4, -0.2) is 4.98 Å². The minimum atomic E-state index is 0.221. The maximum absolute atomic E-state index is 6.17. The predicted molar refractivity (Wildman–Crippen MR) is 89.1 cm³/mol. The van der Waals surface area contributed by atoms with E-state index < -0.39 is 0 Å². The number of nitrogens with zero attached hydrogens (tertiary/aromatic N) is 1. The quantitative estimate of drug-likeness (QED) is 0.798. The number of nitrogens with one attached hydrogen (secondary N) is 1. The van der Waals surface area contributed by atoms with Crippen LogP contribution in [0.4, 0.5) is 5.69 Å². The third-order valence-corrected chi connectivity index (χ3v) is 4.52.